The lowest BCUT2D eigenvalue weighted by Crippen LogP contribution is -1.95. The molecule has 2 aromatic heterocycles. The van der Waals surface area contributed by atoms with Crippen molar-refractivity contribution in [3.63, 3.8) is 0 Å². The monoisotopic (exact) mass is 347 g/mol. The van der Waals surface area contributed by atoms with Gasteiger partial charge in [-0.25, -0.2) is 0 Å². The standard InChI is InChI=1S/C14H13N5S3/c1-9-3-2-4-10(7-9)12-18-19-11(16-17-13(19)22-12)8-21-14-15-5-6-20-14/h2-4,7H,5-6,8H2,1H3. The molecule has 0 saturated carbocycles. The molecule has 22 heavy (non-hydrogen) atoms. The fraction of sp³-hybridized carbons (Fsp3) is 0.286. The fourth-order valence-electron chi connectivity index (χ4n) is 2.17. The van der Waals surface area contributed by atoms with E-state index in [1.54, 1.807) is 23.1 Å². The maximum absolute atomic E-state index is 4.68. The minimum absolute atomic E-state index is 0.754. The summed E-state index contributed by atoms with van der Waals surface area (Å²) in [4.78, 5) is 5.29. The SMILES string of the molecule is Cc1cccc(-c2nn3c(CSC4=NCCS4)nnc3s2)c1. The van der Waals surface area contributed by atoms with Gasteiger partial charge in [-0.2, -0.15) is 9.61 Å². The minimum Gasteiger partial charge on any atom is -0.271 e. The molecule has 0 N–H and O–H groups in total. The Hall–Kier alpha value is -1.38. The number of fused-ring (bicyclic) bond motifs is 1. The molecule has 5 nitrogen and oxygen atoms in total. The molecule has 0 radical (unpaired) electrons. The molecular weight excluding hydrogens is 334 g/mol. The molecule has 0 amide bonds. The molecule has 0 saturated heterocycles. The van der Waals surface area contributed by atoms with Crippen LogP contribution < -0.4 is 0 Å². The Morgan fingerprint density at radius 3 is 3.09 bits per heavy atom. The van der Waals surface area contributed by atoms with Crippen LogP contribution in [0.5, 0.6) is 0 Å². The van der Waals surface area contributed by atoms with Crippen LogP contribution in [0.3, 0.4) is 0 Å². The van der Waals surface area contributed by atoms with E-state index in [1.165, 1.54) is 5.56 Å². The number of aromatic nitrogens is 4. The summed E-state index contributed by atoms with van der Waals surface area (Å²) in [6.07, 6.45) is 0. The summed E-state index contributed by atoms with van der Waals surface area (Å²) in [7, 11) is 0. The number of hydrogen-bond acceptors (Lipinski definition) is 7. The van der Waals surface area contributed by atoms with Gasteiger partial charge >= 0.3 is 0 Å². The van der Waals surface area contributed by atoms with Crippen LogP contribution in [0.15, 0.2) is 29.3 Å². The summed E-state index contributed by atoms with van der Waals surface area (Å²) in [5.74, 6) is 2.72. The Kier molecular flexibility index (Phi) is 3.89. The first-order chi connectivity index (χ1) is 10.8. The largest absolute Gasteiger partial charge is 0.271 e. The van der Waals surface area contributed by atoms with Crippen molar-refractivity contribution in [3.8, 4) is 10.6 Å². The smallest absolute Gasteiger partial charge is 0.235 e. The zero-order valence-corrected chi connectivity index (χ0v) is 14.3. The van der Waals surface area contributed by atoms with Gasteiger partial charge in [-0.05, 0) is 13.0 Å². The molecule has 3 heterocycles. The van der Waals surface area contributed by atoms with E-state index in [9.17, 15) is 0 Å². The second kappa shape index (κ2) is 6.02. The van der Waals surface area contributed by atoms with Gasteiger partial charge in [0.25, 0.3) is 0 Å². The average Bonchev–Trinajstić information content (AvgIpc) is 3.22. The van der Waals surface area contributed by atoms with Gasteiger partial charge < -0.3 is 0 Å². The summed E-state index contributed by atoms with van der Waals surface area (Å²) < 4.78 is 3.00. The Labute approximate surface area is 140 Å². The zero-order chi connectivity index (χ0) is 14.9. The molecule has 0 atom stereocenters. The van der Waals surface area contributed by atoms with Crippen LogP contribution in [-0.4, -0.2) is 36.5 Å². The van der Waals surface area contributed by atoms with E-state index in [-0.39, 0.29) is 0 Å². The molecule has 0 spiro atoms. The molecule has 0 bridgehead atoms. The lowest BCUT2D eigenvalue weighted by molar-refractivity contribution is 0.888. The number of aryl methyl sites for hydroxylation is 1. The maximum atomic E-state index is 4.68. The van der Waals surface area contributed by atoms with E-state index >= 15 is 0 Å². The van der Waals surface area contributed by atoms with Gasteiger partial charge in [-0.15, -0.1) is 10.2 Å². The van der Waals surface area contributed by atoms with Gasteiger partial charge in [-0.3, -0.25) is 4.99 Å². The molecule has 1 aromatic carbocycles. The molecule has 8 heteroatoms. The molecule has 1 aliphatic heterocycles. The normalized spacial score (nSPS) is 14.7. The van der Waals surface area contributed by atoms with Crippen LogP contribution in [0.2, 0.25) is 0 Å². The van der Waals surface area contributed by atoms with Crippen LogP contribution in [0.4, 0.5) is 0 Å². The molecule has 0 unspecified atom stereocenters. The quantitative estimate of drug-likeness (QED) is 0.726. The van der Waals surface area contributed by atoms with E-state index in [1.807, 2.05) is 16.3 Å². The second-order valence-corrected chi connectivity index (χ2v) is 8.13. The number of nitrogens with zero attached hydrogens (tertiary/aromatic N) is 5. The van der Waals surface area contributed by atoms with Crippen molar-refractivity contribution in [2.75, 3.05) is 12.3 Å². The molecule has 4 rings (SSSR count). The van der Waals surface area contributed by atoms with Crippen LogP contribution in [-0.2, 0) is 5.75 Å². The zero-order valence-electron chi connectivity index (χ0n) is 11.9. The minimum atomic E-state index is 0.754. The third-order valence-corrected chi connectivity index (χ3v) is 6.40. The number of rotatable bonds is 3. The number of aliphatic imine (C=N–C) groups is 1. The highest BCUT2D eigenvalue weighted by Gasteiger charge is 2.15. The predicted octanol–water partition coefficient (Wildman–Crippen LogP) is 3.50. The van der Waals surface area contributed by atoms with Gasteiger partial charge in [0.15, 0.2) is 5.82 Å². The Balaban J connectivity index is 1.61. The predicted molar refractivity (Wildman–Crippen MR) is 94.9 cm³/mol. The lowest BCUT2D eigenvalue weighted by Gasteiger charge is -1.98. The molecule has 0 fully saturated rings. The molecular formula is C14H13N5S3. The Morgan fingerprint density at radius 1 is 1.32 bits per heavy atom. The maximum Gasteiger partial charge on any atom is 0.235 e. The highest BCUT2D eigenvalue weighted by molar-refractivity contribution is 8.38. The first-order valence-corrected chi connectivity index (χ1v) is 9.66. The van der Waals surface area contributed by atoms with E-state index in [2.05, 4.69) is 51.5 Å². The number of hydrogen-bond donors (Lipinski definition) is 0. The second-order valence-electron chi connectivity index (χ2n) is 4.87. The summed E-state index contributed by atoms with van der Waals surface area (Å²) in [5.41, 5.74) is 2.36. The number of benzene rings is 1. The summed E-state index contributed by atoms with van der Waals surface area (Å²) in [5, 5.41) is 14.1. The number of thioether (sulfide) groups is 2. The Morgan fingerprint density at radius 2 is 2.27 bits per heavy atom. The molecule has 0 aliphatic carbocycles. The van der Waals surface area contributed by atoms with E-state index in [0.29, 0.717) is 0 Å². The van der Waals surface area contributed by atoms with Crippen LogP contribution >= 0.6 is 34.9 Å². The molecule has 112 valence electrons. The first kappa shape index (κ1) is 14.2. The van der Waals surface area contributed by atoms with Crippen LogP contribution in [0.1, 0.15) is 11.4 Å². The van der Waals surface area contributed by atoms with E-state index in [0.717, 1.165) is 43.8 Å². The highest BCUT2D eigenvalue weighted by Crippen LogP contribution is 2.28. The topological polar surface area (TPSA) is 55.4 Å². The van der Waals surface area contributed by atoms with Crippen molar-refractivity contribution < 1.29 is 0 Å². The van der Waals surface area contributed by atoms with Crippen molar-refractivity contribution in [2.24, 2.45) is 4.99 Å². The van der Waals surface area contributed by atoms with Gasteiger partial charge in [0.2, 0.25) is 4.96 Å². The van der Waals surface area contributed by atoms with E-state index in [4.69, 9.17) is 0 Å². The van der Waals surface area contributed by atoms with Gasteiger partial charge in [-0.1, -0.05) is 58.6 Å². The van der Waals surface area contributed by atoms with Crippen LogP contribution in [0, 0.1) is 6.92 Å². The van der Waals surface area contributed by atoms with Crippen molar-refractivity contribution in [1.82, 2.24) is 19.8 Å². The van der Waals surface area contributed by atoms with Crippen molar-refractivity contribution >= 4 is 44.2 Å². The van der Waals surface area contributed by atoms with Gasteiger partial charge in [0.05, 0.1) is 12.3 Å². The average molecular weight is 347 g/mol. The molecule has 1 aliphatic rings. The molecule has 3 aromatic rings. The Bertz CT molecular complexity index is 851. The van der Waals surface area contributed by atoms with Crippen molar-refractivity contribution in [3.05, 3.63) is 35.7 Å². The van der Waals surface area contributed by atoms with Crippen LogP contribution in [0.25, 0.3) is 15.5 Å². The van der Waals surface area contributed by atoms with Gasteiger partial charge in [0, 0.05) is 11.3 Å². The highest BCUT2D eigenvalue weighted by atomic mass is 32.2. The summed E-state index contributed by atoms with van der Waals surface area (Å²) >= 11 is 5.10. The summed E-state index contributed by atoms with van der Waals surface area (Å²) in [6.45, 7) is 3.02. The van der Waals surface area contributed by atoms with Gasteiger partial charge in [0.1, 0.15) is 9.38 Å². The lowest BCUT2D eigenvalue weighted by atomic mass is 10.1. The summed E-state index contributed by atoms with van der Waals surface area (Å²) in [6, 6.07) is 8.37. The van der Waals surface area contributed by atoms with Crippen molar-refractivity contribution in [2.45, 2.75) is 12.7 Å². The third kappa shape index (κ3) is 2.78. The fourth-order valence-corrected chi connectivity index (χ4v) is 4.94. The first-order valence-electron chi connectivity index (χ1n) is 6.88. The van der Waals surface area contributed by atoms with E-state index < -0.39 is 0 Å². The third-order valence-electron chi connectivity index (χ3n) is 3.20. The van der Waals surface area contributed by atoms with Crippen molar-refractivity contribution in [1.29, 1.82) is 0 Å².